The van der Waals surface area contributed by atoms with Crippen LogP contribution in [0.1, 0.15) is 22.9 Å². The van der Waals surface area contributed by atoms with E-state index in [2.05, 4.69) is 39.4 Å². The van der Waals surface area contributed by atoms with Crippen molar-refractivity contribution in [3.63, 3.8) is 0 Å². The van der Waals surface area contributed by atoms with Crippen molar-refractivity contribution in [2.24, 2.45) is 0 Å². The maximum atomic E-state index is 5.41. The molecule has 0 amide bonds. The lowest BCUT2D eigenvalue weighted by atomic mass is 10.00. The van der Waals surface area contributed by atoms with E-state index in [9.17, 15) is 0 Å². The molecule has 0 saturated heterocycles. The number of hydrogen-bond acceptors (Lipinski definition) is 4. The van der Waals surface area contributed by atoms with Gasteiger partial charge in [0.25, 0.3) is 0 Å². The molecular formula is C13H15N3O. The third-order valence-corrected chi connectivity index (χ3v) is 3.14. The van der Waals surface area contributed by atoms with Crippen LogP contribution in [0.25, 0.3) is 0 Å². The molecule has 0 saturated carbocycles. The molecular weight excluding hydrogens is 214 g/mol. The molecule has 0 unspecified atom stereocenters. The van der Waals surface area contributed by atoms with Crippen LogP contribution in [0.2, 0.25) is 0 Å². The van der Waals surface area contributed by atoms with Crippen molar-refractivity contribution in [3.8, 4) is 0 Å². The molecule has 2 heterocycles. The zero-order valence-corrected chi connectivity index (χ0v) is 9.89. The van der Waals surface area contributed by atoms with Crippen molar-refractivity contribution >= 4 is 0 Å². The second kappa shape index (κ2) is 4.30. The van der Waals surface area contributed by atoms with Gasteiger partial charge < -0.3 is 4.42 Å². The fraction of sp³-hybridized carbons (Fsp3) is 0.385. The summed E-state index contributed by atoms with van der Waals surface area (Å²) in [5, 5.41) is 7.89. The van der Waals surface area contributed by atoms with Crippen molar-refractivity contribution in [1.29, 1.82) is 0 Å². The van der Waals surface area contributed by atoms with E-state index in [4.69, 9.17) is 4.42 Å². The minimum Gasteiger partial charge on any atom is -0.424 e. The van der Waals surface area contributed by atoms with Crippen LogP contribution in [-0.2, 0) is 19.5 Å². The van der Waals surface area contributed by atoms with Gasteiger partial charge in [0.05, 0.1) is 6.54 Å². The van der Waals surface area contributed by atoms with Gasteiger partial charge in [-0.3, -0.25) is 4.90 Å². The van der Waals surface area contributed by atoms with Crippen molar-refractivity contribution in [1.82, 2.24) is 15.1 Å². The lowest BCUT2D eigenvalue weighted by molar-refractivity contribution is 0.220. The van der Waals surface area contributed by atoms with Crippen LogP contribution < -0.4 is 0 Å². The van der Waals surface area contributed by atoms with Crippen molar-refractivity contribution in [3.05, 3.63) is 47.2 Å². The predicted molar refractivity (Wildman–Crippen MR) is 63.3 cm³/mol. The lowest BCUT2D eigenvalue weighted by Crippen LogP contribution is -2.30. The molecule has 1 aliphatic heterocycles. The molecule has 1 aromatic heterocycles. The summed E-state index contributed by atoms with van der Waals surface area (Å²) in [6.07, 6.45) is 1.10. The fourth-order valence-corrected chi connectivity index (χ4v) is 2.28. The Labute approximate surface area is 100 Å². The predicted octanol–water partition coefficient (Wildman–Crippen LogP) is 1.94. The first-order valence-electron chi connectivity index (χ1n) is 5.89. The second-order valence-corrected chi connectivity index (χ2v) is 4.44. The van der Waals surface area contributed by atoms with Crippen LogP contribution in [0.3, 0.4) is 0 Å². The number of benzene rings is 1. The Morgan fingerprint density at radius 2 is 2.06 bits per heavy atom. The first kappa shape index (κ1) is 10.5. The third-order valence-electron chi connectivity index (χ3n) is 3.14. The SMILES string of the molecule is Cc1nnc(CN2CCc3ccccc3C2)o1. The van der Waals surface area contributed by atoms with E-state index in [0.717, 1.165) is 26.1 Å². The maximum absolute atomic E-state index is 5.41. The largest absolute Gasteiger partial charge is 0.424 e. The number of nitrogens with zero attached hydrogens (tertiary/aromatic N) is 3. The normalized spacial score (nSPS) is 15.8. The second-order valence-electron chi connectivity index (χ2n) is 4.44. The molecule has 0 atom stereocenters. The van der Waals surface area contributed by atoms with E-state index in [1.54, 1.807) is 0 Å². The number of aryl methyl sites for hydroxylation is 1. The van der Waals surface area contributed by atoms with Gasteiger partial charge in [0.15, 0.2) is 0 Å². The zero-order valence-electron chi connectivity index (χ0n) is 9.89. The summed E-state index contributed by atoms with van der Waals surface area (Å²) in [7, 11) is 0. The van der Waals surface area contributed by atoms with Gasteiger partial charge in [-0.25, -0.2) is 0 Å². The first-order chi connectivity index (χ1) is 8.31. The Morgan fingerprint density at radius 1 is 1.24 bits per heavy atom. The highest BCUT2D eigenvalue weighted by Crippen LogP contribution is 2.19. The van der Waals surface area contributed by atoms with Gasteiger partial charge in [-0.1, -0.05) is 24.3 Å². The van der Waals surface area contributed by atoms with Gasteiger partial charge in [-0.2, -0.15) is 0 Å². The van der Waals surface area contributed by atoms with Crippen LogP contribution in [0.15, 0.2) is 28.7 Å². The summed E-state index contributed by atoms with van der Waals surface area (Å²) in [6.45, 7) is 4.59. The van der Waals surface area contributed by atoms with E-state index in [1.807, 2.05) is 6.92 Å². The molecule has 0 bridgehead atoms. The van der Waals surface area contributed by atoms with Gasteiger partial charge in [0.1, 0.15) is 0 Å². The van der Waals surface area contributed by atoms with Gasteiger partial charge >= 0.3 is 0 Å². The van der Waals surface area contributed by atoms with Gasteiger partial charge in [-0.05, 0) is 17.5 Å². The third kappa shape index (κ3) is 2.22. The Balaban J connectivity index is 1.72. The lowest BCUT2D eigenvalue weighted by Gasteiger charge is -2.27. The van der Waals surface area contributed by atoms with E-state index in [-0.39, 0.29) is 0 Å². The summed E-state index contributed by atoms with van der Waals surface area (Å²) >= 11 is 0. The summed E-state index contributed by atoms with van der Waals surface area (Å²) in [6, 6.07) is 8.61. The Hall–Kier alpha value is -1.68. The van der Waals surface area contributed by atoms with Crippen molar-refractivity contribution < 1.29 is 4.42 Å². The van der Waals surface area contributed by atoms with Crippen LogP contribution >= 0.6 is 0 Å². The fourth-order valence-electron chi connectivity index (χ4n) is 2.28. The van der Waals surface area contributed by atoms with Crippen LogP contribution in [0.4, 0.5) is 0 Å². The van der Waals surface area contributed by atoms with Crippen LogP contribution in [-0.4, -0.2) is 21.6 Å². The molecule has 0 fully saturated rings. The molecule has 1 aromatic carbocycles. The van der Waals surface area contributed by atoms with Crippen molar-refractivity contribution in [2.45, 2.75) is 26.4 Å². The van der Waals surface area contributed by atoms with Crippen LogP contribution in [0, 0.1) is 6.92 Å². The molecule has 1 aliphatic rings. The maximum Gasteiger partial charge on any atom is 0.230 e. The van der Waals surface area contributed by atoms with Crippen molar-refractivity contribution in [2.75, 3.05) is 6.54 Å². The highest BCUT2D eigenvalue weighted by atomic mass is 16.4. The zero-order chi connectivity index (χ0) is 11.7. The van der Waals surface area contributed by atoms with Crippen LogP contribution in [0.5, 0.6) is 0 Å². The molecule has 0 aliphatic carbocycles. The smallest absolute Gasteiger partial charge is 0.230 e. The number of aromatic nitrogens is 2. The highest BCUT2D eigenvalue weighted by Gasteiger charge is 2.17. The monoisotopic (exact) mass is 229 g/mol. The molecule has 0 radical (unpaired) electrons. The minimum absolute atomic E-state index is 0.636. The Bertz CT molecular complexity index is 521. The topological polar surface area (TPSA) is 42.2 Å². The average Bonchev–Trinajstić information content (AvgIpc) is 2.75. The standard InChI is InChI=1S/C13H15N3O/c1-10-14-15-13(17-10)9-16-7-6-11-4-2-3-5-12(11)8-16/h2-5H,6-9H2,1H3. The molecule has 88 valence electrons. The molecule has 0 N–H and O–H groups in total. The molecule has 0 spiro atoms. The number of rotatable bonds is 2. The molecule has 3 rings (SSSR count). The van der Waals surface area contributed by atoms with E-state index < -0.39 is 0 Å². The quantitative estimate of drug-likeness (QED) is 0.789. The number of hydrogen-bond donors (Lipinski definition) is 0. The first-order valence-corrected chi connectivity index (χ1v) is 5.89. The summed E-state index contributed by atoms with van der Waals surface area (Å²) in [4.78, 5) is 2.34. The minimum atomic E-state index is 0.636. The van der Waals surface area contributed by atoms with Gasteiger partial charge in [-0.15, -0.1) is 10.2 Å². The van der Waals surface area contributed by atoms with E-state index in [0.29, 0.717) is 11.8 Å². The Kier molecular flexibility index (Phi) is 2.65. The van der Waals surface area contributed by atoms with E-state index >= 15 is 0 Å². The summed E-state index contributed by atoms with van der Waals surface area (Å²) in [5.74, 6) is 1.35. The number of fused-ring (bicyclic) bond motifs is 1. The van der Waals surface area contributed by atoms with Gasteiger partial charge in [0.2, 0.25) is 11.8 Å². The van der Waals surface area contributed by atoms with Gasteiger partial charge in [0, 0.05) is 20.0 Å². The molecule has 4 nitrogen and oxygen atoms in total. The molecule has 2 aromatic rings. The highest BCUT2D eigenvalue weighted by molar-refractivity contribution is 5.29. The average molecular weight is 229 g/mol. The van der Waals surface area contributed by atoms with E-state index in [1.165, 1.54) is 11.1 Å². The Morgan fingerprint density at radius 3 is 2.82 bits per heavy atom. The molecule has 17 heavy (non-hydrogen) atoms. The summed E-state index contributed by atoms with van der Waals surface area (Å²) in [5.41, 5.74) is 2.88. The summed E-state index contributed by atoms with van der Waals surface area (Å²) < 4.78 is 5.41. The molecule has 4 heteroatoms.